The second-order valence-electron chi connectivity index (χ2n) is 6.06. The van der Waals surface area contributed by atoms with Crippen molar-refractivity contribution in [2.75, 3.05) is 26.2 Å². The fraction of sp³-hybridized carbons (Fsp3) is 1.00. The molecule has 0 radical (unpaired) electrons. The summed E-state index contributed by atoms with van der Waals surface area (Å²) in [7, 11) is 0. The lowest BCUT2D eigenvalue weighted by molar-refractivity contribution is 0.00435. The van der Waals surface area contributed by atoms with E-state index in [0.717, 1.165) is 18.4 Å². The van der Waals surface area contributed by atoms with E-state index >= 15 is 0 Å². The van der Waals surface area contributed by atoms with E-state index in [1.54, 1.807) is 0 Å². The van der Waals surface area contributed by atoms with E-state index in [-0.39, 0.29) is 5.41 Å². The van der Waals surface area contributed by atoms with Gasteiger partial charge in [-0.25, -0.2) is 0 Å². The Labute approximate surface area is 93.7 Å². The van der Waals surface area contributed by atoms with Crippen molar-refractivity contribution in [1.29, 1.82) is 0 Å². The van der Waals surface area contributed by atoms with Gasteiger partial charge in [-0.05, 0) is 24.7 Å². The number of hydrogen-bond acceptors (Lipinski definition) is 2. The zero-order valence-electron chi connectivity index (χ0n) is 10.2. The molecule has 2 heteroatoms. The van der Waals surface area contributed by atoms with Crippen molar-refractivity contribution in [2.45, 2.75) is 39.5 Å². The van der Waals surface area contributed by atoms with Gasteiger partial charge in [0.2, 0.25) is 0 Å². The van der Waals surface area contributed by atoms with Crippen LogP contribution in [0.2, 0.25) is 0 Å². The molecule has 0 aromatic carbocycles. The Hall–Kier alpha value is -0.0800. The molecule has 1 aliphatic carbocycles. The Kier molecular flexibility index (Phi) is 3.36. The molecule has 0 aromatic rings. The summed E-state index contributed by atoms with van der Waals surface area (Å²) in [6.07, 6.45) is 5.13. The van der Waals surface area contributed by atoms with Crippen LogP contribution < -0.4 is 0 Å². The van der Waals surface area contributed by atoms with Gasteiger partial charge in [0.05, 0.1) is 0 Å². The molecule has 1 saturated heterocycles. The van der Waals surface area contributed by atoms with Crippen LogP contribution in [0.5, 0.6) is 0 Å². The second kappa shape index (κ2) is 4.42. The Morgan fingerprint density at radius 1 is 1.27 bits per heavy atom. The van der Waals surface area contributed by atoms with Crippen LogP contribution in [0.1, 0.15) is 39.5 Å². The molecule has 2 fully saturated rings. The lowest BCUT2D eigenvalue weighted by atomic mass is 9.82. The molecular formula is C13H25NO. The third-order valence-electron chi connectivity index (χ3n) is 4.49. The lowest BCUT2D eigenvalue weighted by Crippen LogP contribution is -2.53. The highest BCUT2D eigenvalue weighted by atomic mass is 16.3. The summed E-state index contributed by atoms with van der Waals surface area (Å²) in [6.45, 7) is 8.71. The van der Waals surface area contributed by atoms with Gasteiger partial charge in [-0.2, -0.15) is 0 Å². The molecule has 0 spiro atoms. The zero-order chi connectivity index (χ0) is 10.9. The normalized spacial score (nSPS) is 27.2. The minimum absolute atomic E-state index is 0.266. The molecule has 88 valence electrons. The average Bonchev–Trinajstić information content (AvgIpc) is 2.59. The van der Waals surface area contributed by atoms with E-state index in [0.29, 0.717) is 6.61 Å². The van der Waals surface area contributed by atoms with Gasteiger partial charge >= 0.3 is 0 Å². The summed E-state index contributed by atoms with van der Waals surface area (Å²) in [6, 6.07) is 0. The first kappa shape index (κ1) is 11.4. The summed E-state index contributed by atoms with van der Waals surface area (Å²) in [4.78, 5) is 2.55. The van der Waals surface area contributed by atoms with Crippen molar-refractivity contribution >= 4 is 0 Å². The highest BCUT2D eigenvalue weighted by Gasteiger charge is 2.39. The van der Waals surface area contributed by atoms with Crippen LogP contribution in [-0.2, 0) is 0 Å². The van der Waals surface area contributed by atoms with E-state index < -0.39 is 0 Å². The van der Waals surface area contributed by atoms with Crippen molar-refractivity contribution in [3.8, 4) is 0 Å². The highest BCUT2D eigenvalue weighted by Crippen LogP contribution is 2.40. The fourth-order valence-corrected chi connectivity index (χ4v) is 3.13. The van der Waals surface area contributed by atoms with Crippen molar-refractivity contribution in [3.05, 3.63) is 0 Å². The van der Waals surface area contributed by atoms with Gasteiger partial charge in [0.15, 0.2) is 0 Å². The van der Waals surface area contributed by atoms with E-state index in [2.05, 4.69) is 18.7 Å². The van der Waals surface area contributed by atoms with E-state index in [1.807, 2.05) is 0 Å². The SMILES string of the molecule is CC(C)C1CN(CC2(CO)CCCC2)C1. The topological polar surface area (TPSA) is 23.5 Å². The quantitative estimate of drug-likeness (QED) is 0.770. The maximum Gasteiger partial charge on any atom is 0.0499 e. The summed E-state index contributed by atoms with van der Waals surface area (Å²) < 4.78 is 0. The molecule has 1 aliphatic heterocycles. The third-order valence-corrected chi connectivity index (χ3v) is 4.49. The van der Waals surface area contributed by atoms with Crippen LogP contribution in [0.4, 0.5) is 0 Å². The van der Waals surface area contributed by atoms with Gasteiger partial charge in [-0.1, -0.05) is 26.7 Å². The van der Waals surface area contributed by atoms with Gasteiger partial charge in [-0.3, -0.25) is 0 Å². The van der Waals surface area contributed by atoms with E-state index in [9.17, 15) is 5.11 Å². The minimum atomic E-state index is 0.266. The van der Waals surface area contributed by atoms with Crippen LogP contribution >= 0.6 is 0 Å². The standard InChI is InChI=1S/C13H25NO/c1-11(2)12-7-14(8-12)9-13(10-15)5-3-4-6-13/h11-12,15H,3-10H2,1-2H3. The molecule has 15 heavy (non-hydrogen) atoms. The molecule has 1 N–H and O–H groups in total. The lowest BCUT2D eigenvalue weighted by Gasteiger charge is -2.45. The van der Waals surface area contributed by atoms with E-state index in [4.69, 9.17) is 0 Å². The molecule has 2 rings (SSSR count). The van der Waals surface area contributed by atoms with Gasteiger partial charge in [0.25, 0.3) is 0 Å². The maximum atomic E-state index is 9.53. The van der Waals surface area contributed by atoms with E-state index in [1.165, 1.54) is 38.8 Å². The molecule has 0 unspecified atom stereocenters. The van der Waals surface area contributed by atoms with Crippen molar-refractivity contribution in [2.24, 2.45) is 17.3 Å². The molecule has 1 heterocycles. The van der Waals surface area contributed by atoms with Gasteiger partial charge in [0, 0.05) is 31.7 Å². The van der Waals surface area contributed by atoms with Gasteiger partial charge in [-0.15, -0.1) is 0 Å². The molecular weight excluding hydrogens is 186 g/mol. The Bertz CT molecular complexity index is 203. The first-order chi connectivity index (χ1) is 7.15. The number of aliphatic hydroxyl groups excluding tert-OH is 1. The predicted octanol–water partition coefficient (Wildman–Crippen LogP) is 2.13. The molecule has 0 atom stereocenters. The average molecular weight is 211 g/mol. The fourth-order valence-electron chi connectivity index (χ4n) is 3.13. The zero-order valence-corrected chi connectivity index (χ0v) is 10.2. The number of likely N-dealkylation sites (tertiary alicyclic amines) is 1. The smallest absolute Gasteiger partial charge is 0.0499 e. The Morgan fingerprint density at radius 2 is 1.87 bits per heavy atom. The Morgan fingerprint density at radius 3 is 2.33 bits per heavy atom. The molecule has 2 nitrogen and oxygen atoms in total. The van der Waals surface area contributed by atoms with Crippen molar-refractivity contribution in [3.63, 3.8) is 0 Å². The molecule has 2 aliphatic rings. The summed E-state index contributed by atoms with van der Waals surface area (Å²) in [5, 5.41) is 9.53. The number of rotatable bonds is 4. The second-order valence-corrected chi connectivity index (χ2v) is 6.06. The van der Waals surface area contributed by atoms with Crippen molar-refractivity contribution < 1.29 is 5.11 Å². The highest BCUT2D eigenvalue weighted by molar-refractivity contribution is 4.91. The monoisotopic (exact) mass is 211 g/mol. The first-order valence-electron chi connectivity index (χ1n) is 6.48. The first-order valence-corrected chi connectivity index (χ1v) is 6.48. The summed E-state index contributed by atoms with van der Waals surface area (Å²) in [5.74, 6) is 1.73. The number of aliphatic hydroxyl groups is 1. The van der Waals surface area contributed by atoms with Gasteiger partial charge in [0.1, 0.15) is 0 Å². The molecule has 0 aromatic heterocycles. The number of hydrogen-bond donors (Lipinski definition) is 1. The van der Waals surface area contributed by atoms with Crippen molar-refractivity contribution in [1.82, 2.24) is 4.90 Å². The van der Waals surface area contributed by atoms with Crippen LogP contribution in [-0.4, -0.2) is 36.2 Å². The maximum absolute atomic E-state index is 9.53. The van der Waals surface area contributed by atoms with Crippen LogP contribution in [0, 0.1) is 17.3 Å². The Balaban J connectivity index is 1.78. The third kappa shape index (κ3) is 2.36. The minimum Gasteiger partial charge on any atom is -0.396 e. The molecule has 1 saturated carbocycles. The molecule has 0 amide bonds. The van der Waals surface area contributed by atoms with Crippen LogP contribution in [0.15, 0.2) is 0 Å². The number of nitrogens with zero attached hydrogens (tertiary/aromatic N) is 1. The summed E-state index contributed by atoms with van der Waals surface area (Å²) >= 11 is 0. The van der Waals surface area contributed by atoms with Crippen LogP contribution in [0.3, 0.4) is 0 Å². The molecule has 0 bridgehead atoms. The largest absolute Gasteiger partial charge is 0.396 e. The summed E-state index contributed by atoms with van der Waals surface area (Å²) in [5.41, 5.74) is 0.266. The van der Waals surface area contributed by atoms with Gasteiger partial charge < -0.3 is 10.0 Å². The van der Waals surface area contributed by atoms with Crippen LogP contribution in [0.25, 0.3) is 0 Å². The predicted molar refractivity (Wildman–Crippen MR) is 62.8 cm³/mol.